The SMILES string of the molecule is O=C(O)CC(NC(=O)C1CC=CCC1)c1ccc(F)cc1. The lowest BCUT2D eigenvalue weighted by atomic mass is 9.92. The molecule has 0 radical (unpaired) electrons. The minimum Gasteiger partial charge on any atom is -0.481 e. The first-order valence-electron chi connectivity index (χ1n) is 6.99. The molecule has 2 atom stereocenters. The fourth-order valence-corrected chi connectivity index (χ4v) is 2.44. The minimum atomic E-state index is -1.01. The molecule has 0 aromatic heterocycles. The Labute approximate surface area is 122 Å². The first kappa shape index (κ1) is 15.2. The summed E-state index contributed by atoms with van der Waals surface area (Å²) in [5, 5.41) is 11.8. The second-order valence-electron chi connectivity index (χ2n) is 5.19. The second kappa shape index (κ2) is 7.02. The van der Waals surface area contributed by atoms with Crippen LogP contribution in [-0.2, 0) is 9.59 Å². The van der Waals surface area contributed by atoms with Gasteiger partial charge >= 0.3 is 5.97 Å². The molecular formula is C16H18FNO3. The fourth-order valence-electron chi connectivity index (χ4n) is 2.44. The molecule has 4 nitrogen and oxygen atoms in total. The van der Waals surface area contributed by atoms with Crippen LogP contribution in [0, 0.1) is 11.7 Å². The van der Waals surface area contributed by atoms with Gasteiger partial charge in [-0.1, -0.05) is 24.3 Å². The molecule has 1 aliphatic rings. The molecule has 0 aliphatic heterocycles. The van der Waals surface area contributed by atoms with Crippen LogP contribution in [0.1, 0.15) is 37.3 Å². The van der Waals surface area contributed by atoms with E-state index in [4.69, 9.17) is 5.11 Å². The van der Waals surface area contributed by atoms with Crippen molar-refractivity contribution < 1.29 is 19.1 Å². The maximum atomic E-state index is 13.0. The van der Waals surface area contributed by atoms with Crippen molar-refractivity contribution in [2.45, 2.75) is 31.7 Å². The molecule has 2 N–H and O–H groups in total. The van der Waals surface area contributed by atoms with Gasteiger partial charge in [-0.3, -0.25) is 9.59 Å². The van der Waals surface area contributed by atoms with Gasteiger partial charge < -0.3 is 10.4 Å². The van der Waals surface area contributed by atoms with Gasteiger partial charge in [-0.05, 0) is 37.0 Å². The van der Waals surface area contributed by atoms with Gasteiger partial charge in [-0.2, -0.15) is 0 Å². The molecular weight excluding hydrogens is 273 g/mol. The van der Waals surface area contributed by atoms with E-state index in [0.717, 1.165) is 12.8 Å². The Kier molecular flexibility index (Phi) is 5.09. The summed E-state index contributed by atoms with van der Waals surface area (Å²) in [7, 11) is 0. The van der Waals surface area contributed by atoms with Gasteiger partial charge in [-0.25, -0.2) is 4.39 Å². The predicted octanol–water partition coefficient (Wildman–Crippen LogP) is 2.81. The Morgan fingerprint density at radius 1 is 1.29 bits per heavy atom. The lowest BCUT2D eigenvalue weighted by Gasteiger charge is -2.22. The van der Waals surface area contributed by atoms with E-state index in [1.807, 2.05) is 12.2 Å². The van der Waals surface area contributed by atoms with Crippen LogP contribution >= 0.6 is 0 Å². The number of aliphatic carboxylic acids is 1. The Bertz CT molecular complexity index is 539. The molecule has 2 unspecified atom stereocenters. The molecule has 1 amide bonds. The smallest absolute Gasteiger partial charge is 0.305 e. The van der Waals surface area contributed by atoms with Crippen molar-refractivity contribution in [3.05, 3.63) is 47.8 Å². The van der Waals surface area contributed by atoms with E-state index >= 15 is 0 Å². The van der Waals surface area contributed by atoms with E-state index < -0.39 is 17.8 Å². The van der Waals surface area contributed by atoms with Crippen molar-refractivity contribution in [2.24, 2.45) is 5.92 Å². The van der Waals surface area contributed by atoms with Crippen LogP contribution < -0.4 is 5.32 Å². The monoisotopic (exact) mass is 291 g/mol. The van der Waals surface area contributed by atoms with Crippen LogP contribution in [0.5, 0.6) is 0 Å². The Morgan fingerprint density at radius 3 is 2.57 bits per heavy atom. The standard InChI is InChI=1S/C16H18FNO3/c17-13-8-6-11(7-9-13)14(10-15(19)20)18-16(21)12-4-2-1-3-5-12/h1-2,6-9,12,14H,3-5,10H2,(H,18,21)(H,19,20). The molecule has 1 aliphatic carbocycles. The third kappa shape index (κ3) is 4.41. The average molecular weight is 291 g/mol. The van der Waals surface area contributed by atoms with E-state index in [1.54, 1.807) is 0 Å². The highest BCUT2D eigenvalue weighted by Gasteiger charge is 2.24. The quantitative estimate of drug-likeness (QED) is 0.820. The maximum absolute atomic E-state index is 13.0. The van der Waals surface area contributed by atoms with E-state index in [-0.39, 0.29) is 18.2 Å². The third-order valence-corrected chi connectivity index (χ3v) is 3.61. The number of nitrogens with one attached hydrogen (secondary N) is 1. The van der Waals surface area contributed by atoms with Crippen LogP contribution in [0.25, 0.3) is 0 Å². The van der Waals surface area contributed by atoms with Gasteiger partial charge in [-0.15, -0.1) is 0 Å². The highest BCUT2D eigenvalue weighted by atomic mass is 19.1. The zero-order valence-corrected chi connectivity index (χ0v) is 11.6. The van der Waals surface area contributed by atoms with E-state index in [1.165, 1.54) is 24.3 Å². The predicted molar refractivity (Wildman–Crippen MR) is 76.0 cm³/mol. The van der Waals surface area contributed by atoms with Crippen molar-refractivity contribution in [3.8, 4) is 0 Å². The molecule has 5 heteroatoms. The Morgan fingerprint density at radius 2 is 2.00 bits per heavy atom. The summed E-state index contributed by atoms with van der Waals surface area (Å²) in [6.45, 7) is 0. The topological polar surface area (TPSA) is 66.4 Å². The second-order valence-corrected chi connectivity index (χ2v) is 5.19. The number of halogens is 1. The molecule has 0 heterocycles. The summed E-state index contributed by atoms with van der Waals surface area (Å²) in [6.07, 6.45) is 6.09. The molecule has 1 aromatic rings. The number of rotatable bonds is 5. The molecule has 112 valence electrons. The molecule has 0 bridgehead atoms. The van der Waals surface area contributed by atoms with Crippen molar-refractivity contribution in [1.82, 2.24) is 5.32 Å². The summed E-state index contributed by atoms with van der Waals surface area (Å²) >= 11 is 0. The number of carboxylic acids is 1. The summed E-state index contributed by atoms with van der Waals surface area (Å²) < 4.78 is 13.0. The molecule has 1 aromatic carbocycles. The Balaban J connectivity index is 2.08. The lowest BCUT2D eigenvalue weighted by molar-refractivity contribution is -0.138. The number of allylic oxidation sites excluding steroid dienone is 2. The molecule has 0 fully saturated rings. The minimum absolute atomic E-state index is 0.119. The van der Waals surface area contributed by atoms with E-state index in [0.29, 0.717) is 12.0 Å². The van der Waals surface area contributed by atoms with Crippen molar-refractivity contribution in [3.63, 3.8) is 0 Å². The first-order chi connectivity index (χ1) is 10.1. The first-order valence-corrected chi connectivity index (χ1v) is 6.99. The van der Waals surface area contributed by atoms with E-state index in [9.17, 15) is 14.0 Å². The zero-order valence-electron chi connectivity index (χ0n) is 11.6. The normalized spacial score (nSPS) is 19.0. The van der Waals surface area contributed by atoms with E-state index in [2.05, 4.69) is 5.32 Å². The summed E-state index contributed by atoms with van der Waals surface area (Å²) in [6, 6.07) is 4.90. The molecule has 0 saturated heterocycles. The molecule has 0 spiro atoms. The highest BCUT2D eigenvalue weighted by Crippen LogP contribution is 2.22. The summed E-state index contributed by atoms with van der Waals surface area (Å²) in [4.78, 5) is 23.2. The van der Waals surface area contributed by atoms with Gasteiger partial charge in [0, 0.05) is 5.92 Å². The zero-order chi connectivity index (χ0) is 15.2. The van der Waals surface area contributed by atoms with Gasteiger partial charge in [0.05, 0.1) is 12.5 Å². The van der Waals surface area contributed by atoms with Gasteiger partial charge in [0.25, 0.3) is 0 Å². The molecule has 2 rings (SSSR count). The number of benzene rings is 1. The number of carbonyl (C=O) groups excluding carboxylic acids is 1. The maximum Gasteiger partial charge on any atom is 0.305 e. The highest BCUT2D eigenvalue weighted by molar-refractivity contribution is 5.80. The molecule has 21 heavy (non-hydrogen) atoms. The Hall–Kier alpha value is -2.17. The number of carbonyl (C=O) groups is 2. The lowest BCUT2D eigenvalue weighted by Crippen LogP contribution is -2.35. The van der Waals surface area contributed by atoms with Crippen molar-refractivity contribution in [1.29, 1.82) is 0 Å². The van der Waals surface area contributed by atoms with Gasteiger partial charge in [0.2, 0.25) is 5.91 Å². The summed E-state index contributed by atoms with van der Waals surface area (Å²) in [5.74, 6) is -1.66. The number of hydrogen-bond donors (Lipinski definition) is 2. The number of amides is 1. The van der Waals surface area contributed by atoms with Crippen LogP contribution in [0.2, 0.25) is 0 Å². The number of carboxylic acid groups (broad SMARTS) is 1. The fraction of sp³-hybridized carbons (Fsp3) is 0.375. The van der Waals surface area contributed by atoms with Gasteiger partial charge in [0.15, 0.2) is 0 Å². The van der Waals surface area contributed by atoms with Crippen molar-refractivity contribution in [2.75, 3.05) is 0 Å². The summed E-state index contributed by atoms with van der Waals surface area (Å²) in [5.41, 5.74) is 0.596. The van der Waals surface area contributed by atoms with Crippen LogP contribution in [0.3, 0.4) is 0 Å². The number of hydrogen-bond acceptors (Lipinski definition) is 2. The molecule has 0 saturated carbocycles. The van der Waals surface area contributed by atoms with Crippen molar-refractivity contribution >= 4 is 11.9 Å². The van der Waals surface area contributed by atoms with Crippen LogP contribution in [-0.4, -0.2) is 17.0 Å². The largest absolute Gasteiger partial charge is 0.481 e. The average Bonchev–Trinajstić information content (AvgIpc) is 2.48. The third-order valence-electron chi connectivity index (χ3n) is 3.61. The van der Waals surface area contributed by atoms with Crippen LogP contribution in [0.15, 0.2) is 36.4 Å². The van der Waals surface area contributed by atoms with Gasteiger partial charge in [0.1, 0.15) is 5.82 Å². The van der Waals surface area contributed by atoms with Crippen LogP contribution in [0.4, 0.5) is 4.39 Å².